The van der Waals surface area contributed by atoms with Crippen LogP contribution in [0.2, 0.25) is 0 Å². The number of hydrogen-bond donors (Lipinski definition) is 1. The zero-order valence-corrected chi connectivity index (χ0v) is 12.0. The standard InChI is InChI=1S/C17H20N2O/c1-12-9-15(20-2)10-14(19-12)11-18-17-8-7-13-5-3-4-6-16(13)17/h3-6,9-10,17-18H,7-8,11H2,1-2H3. The summed E-state index contributed by atoms with van der Waals surface area (Å²) >= 11 is 0. The predicted molar refractivity (Wildman–Crippen MR) is 79.9 cm³/mol. The second-order valence-electron chi connectivity index (χ2n) is 5.31. The van der Waals surface area contributed by atoms with Gasteiger partial charge in [0.15, 0.2) is 0 Å². The molecule has 0 fully saturated rings. The summed E-state index contributed by atoms with van der Waals surface area (Å²) in [6, 6.07) is 13.1. The SMILES string of the molecule is COc1cc(C)nc(CNC2CCc3ccccc32)c1. The van der Waals surface area contributed by atoms with Crippen LogP contribution in [0.4, 0.5) is 0 Å². The molecule has 0 saturated heterocycles. The third-order valence-electron chi connectivity index (χ3n) is 3.88. The van der Waals surface area contributed by atoms with Crippen molar-refractivity contribution in [3.05, 3.63) is 58.9 Å². The summed E-state index contributed by atoms with van der Waals surface area (Å²) in [5.41, 5.74) is 4.94. The molecule has 0 radical (unpaired) electrons. The number of ether oxygens (including phenoxy) is 1. The van der Waals surface area contributed by atoms with Crippen molar-refractivity contribution in [2.24, 2.45) is 0 Å². The first kappa shape index (κ1) is 13.1. The number of rotatable bonds is 4. The van der Waals surface area contributed by atoms with Gasteiger partial charge in [0.25, 0.3) is 0 Å². The lowest BCUT2D eigenvalue weighted by atomic mass is 10.1. The maximum Gasteiger partial charge on any atom is 0.122 e. The van der Waals surface area contributed by atoms with Crippen LogP contribution in [0, 0.1) is 6.92 Å². The molecule has 3 nitrogen and oxygen atoms in total. The smallest absolute Gasteiger partial charge is 0.122 e. The summed E-state index contributed by atoms with van der Waals surface area (Å²) in [4.78, 5) is 4.56. The molecule has 0 saturated carbocycles. The van der Waals surface area contributed by atoms with Crippen molar-refractivity contribution >= 4 is 0 Å². The molecule has 1 heterocycles. The first-order valence-corrected chi connectivity index (χ1v) is 7.09. The van der Waals surface area contributed by atoms with Gasteiger partial charge in [-0.05, 0) is 30.9 Å². The Bertz CT molecular complexity index is 610. The van der Waals surface area contributed by atoms with Crippen molar-refractivity contribution in [3.63, 3.8) is 0 Å². The summed E-state index contributed by atoms with van der Waals surface area (Å²) in [6.45, 7) is 2.77. The maximum absolute atomic E-state index is 5.30. The second-order valence-corrected chi connectivity index (χ2v) is 5.31. The number of hydrogen-bond acceptors (Lipinski definition) is 3. The Morgan fingerprint density at radius 1 is 1.30 bits per heavy atom. The number of nitrogens with zero attached hydrogens (tertiary/aromatic N) is 1. The van der Waals surface area contributed by atoms with Gasteiger partial charge in [-0.25, -0.2) is 0 Å². The lowest BCUT2D eigenvalue weighted by Crippen LogP contribution is -2.19. The molecular formula is C17H20N2O. The van der Waals surface area contributed by atoms with Crippen LogP contribution in [-0.4, -0.2) is 12.1 Å². The van der Waals surface area contributed by atoms with Gasteiger partial charge in [0, 0.05) is 30.4 Å². The molecule has 1 atom stereocenters. The van der Waals surface area contributed by atoms with Crippen molar-refractivity contribution in [2.45, 2.75) is 32.4 Å². The molecule has 1 unspecified atom stereocenters. The third-order valence-corrected chi connectivity index (χ3v) is 3.88. The van der Waals surface area contributed by atoms with Crippen LogP contribution in [0.5, 0.6) is 5.75 Å². The summed E-state index contributed by atoms with van der Waals surface area (Å²) in [6.07, 6.45) is 2.33. The van der Waals surface area contributed by atoms with E-state index in [2.05, 4.69) is 34.6 Å². The Kier molecular flexibility index (Phi) is 3.70. The van der Waals surface area contributed by atoms with Gasteiger partial charge in [0.1, 0.15) is 5.75 Å². The van der Waals surface area contributed by atoms with Crippen molar-refractivity contribution in [2.75, 3.05) is 7.11 Å². The summed E-state index contributed by atoms with van der Waals surface area (Å²) in [7, 11) is 1.69. The van der Waals surface area contributed by atoms with E-state index < -0.39 is 0 Å². The number of pyridine rings is 1. The Labute approximate surface area is 120 Å². The van der Waals surface area contributed by atoms with Crippen LogP contribution < -0.4 is 10.1 Å². The Morgan fingerprint density at radius 3 is 3.00 bits per heavy atom. The highest BCUT2D eigenvalue weighted by Gasteiger charge is 2.21. The summed E-state index contributed by atoms with van der Waals surface area (Å²) < 4.78 is 5.30. The van der Waals surface area contributed by atoms with E-state index in [0.717, 1.165) is 23.7 Å². The molecule has 0 amide bonds. The van der Waals surface area contributed by atoms with Crippen molar-refractivity contribution in [3.8, 4) is 5.75 Å². The highest BCUT2D eigenvalue weighted by Crippen LogP contribution is 2.30. The minimum atomic E-state index is 0.444. The quantitative estimate of drug-likeness (QED) is 0.924. The minimum Gasteiger partial charge on any atom is -0.497 e. The highest BCUT2D eigenvalue weighted by atomic mass is 16.5. The average molecular weight is 268 g/mol. The number of nitrogens with one attached hydrogen (secondary N) is 1. The molecule has 2 aromatic rings. The molecule has 0 spiro atoms. The van der Waals surface area contributed by atoms with E-state index in [1.807, 2.05) is 19.1 Å². The summed E-state index contributed by atoms with van der Waals surface area (Å²) in [5, 5.41) is 3.61. The topological polar surface area (TPSA) is 34.1 Å². The van der Waals surface area contributed by atoms with Crippen LogP contribution in [0.15, 0.2) is 36.4 Å². The lowest BCUT2D eigenvalue weighted by molar-refractivity contribution is 0.412. The molecule has 0 bridgehead atoms. The van der Waals surface area contributed by atoms with E-state index in [0.29, 0.717) is 6.04 Å². The van der Waals surface area contributed by atoms with Crippen LogP contribution in [0.25, 0.3) is 0 Å². The van der Waals surface area contributed by atoms with Crippen molar-refractivity contribution in [1.29, 1.82) is 0 Å². The molecule has 1 aliphatic rings. The number of aromatic nitrogens is 1. The fraction of sp³-hybridized carbons (Fsp3) is 0.353. The van der Waals surface area contributed by atoms with Crippen LogP contribution in [0.1, 0.15) is 35.0 Å². The Balaban J connectivity index is 1.70. The molecule has 1 aromatic carbocycles. The molecule has 0 aliphatic heterocycles. The molecule has 3 heteroatoms. The van der Waals surface area contributed by atoms with Gasteiger partial charge in [-0.2, -0.15) is 0 Å². The molecule has 1 aliphatic carbocycles. The van der Waals surface area contributed by atoms with Crippen LogP contribution in [0.3, 0.4) is 0 Å². The van der Waals surface area contributed by atoms with Gasteiger partial charge in [0.2, 0.25) is 0 Å². The zero-order chi connectivity index (χ0) is 13.9. The third kappa shape index (κ3) is 2.68. The van der Waals surface area contributed by atoms with Gasteiger partial charge in [0.05, 0.1) is 12.8 Å². The fourth-order valence-corrected chi connectivity index (χ4v) is 2.91. The van der Waals surface area contributed by atoms with E-state index in [1.54, 1.807) is 7.11 Å². The van der Waals surface area contributed by atoms with Crippen LogP contribution >= 0.6 is 0 Å². The number of fused-ring (bicyclic) bond motifs is 1. The largest absolute Gasteiger partial charge is 0.497 e. The number of methoxy groups -OCH3 is 1. The normalized spacial score (nSPS) is 17.0. The molecule has 1 aromatic heterocycles. The van der Waals surface area contributed by atoms with Gasteiger partial charge >= 0.3 is 0 Å². The predicted octanol–water partition coefficient (Wildman–Crippen LogP) is 3.18. The molecule has 3 rings (SSSR count). The molecular weight excluding hydrogens is 248 g/mol. The molecule has 20 heavy (non-hydrogen) atoms. The maximum atomic E-state index is 5.30. The van der Waals surface area contributed by atoms with E-state index in [1.165, 1.54) is 24.0 Å². The molecule has 104 valence electrons. The minimum absolute atomic E-state index is 0.444. The van der Waals surface area contributed by atoms with Crippen molar-refractivity contribution < 1.29 is 4.74 Å². The van der Waals surface area contributed by atoms with Crippen LogP contribution in [-0.2, 0) is 13.0 Å². The van der Waals surface area contributed by atoms with E-state index >= 15 is 0 Å². The number of aryl methyl sites for hydroxylation is 2. The van der Waals surface area contributed by atoms with E-state index in [9.17, 15) is 0 Å². The molecule has 1 N–H and O–H groups in total. The summed E-state index contributed by atoms with van der Waals surface area (Å²) in [5.74, 6) is 0.876. The first-order valence-electron chi connectivity index (χ1n) is 7.09. The van der Waals surface area contributed by atoms with Gasteiger partial charge in [-0.1, -0.05) is 24.3 Å². The lowest BCUT2D eigenvalue weighted by Gasteiger charge is -2.14. The van der Waals surface area contributed by atoms with Gasteiger partial charge < -0.3 is 10.1 Å². The Morgan fingerprint density at radius 2 is 2.15 bits per heavy atom. The van der Waals surface area contributed by atoms with Gasteiger partial charge in [-0.15, -0.1) is 0 Å². The Hall–Kier alpha value is -1.87. The number of benzene rings is 1. The monoisotopic (exact) mass is 268 g/mol. The van der Waals surface area contributed by atoms with Crippen molar-refractivity contribution in [1.82, 2.24) is 10.3 Å². The zero-order valence-electron chi connectivity index (χ0n) is 12.0. The highest BCUT2D eigenvalue weighted by molar-refractivity contribution is 5.34. The first-order chi connectivity index (χ1) is 9.76. The van der Waals surface area contributed by atoms with E-state index in [4.69, 9.17) is 4.74 Å². The van der Waals surface area contributed by atoms with Gasteiger partial charge in [-0.3, -0.25) is 4.98 Å². The second kappa shape index (κ2) is 5.63. The average Bonchev–Trinajstić information content (AvgIpc) is 2.88. The van der Waals surface area contributed by atoms with E-state index in [-0.39, 0.29) is 0 Å². The fourth-order valence-electron chi connectivity index (χ4n) is 2.91.